The molecule has 120 valence electrons. The lowest BCUT2D eigenvalue weighted by Gasteiger charge is -2.29. The molecule has 1 aliphatic rings. The van der Waals surface area contributed by atoms with Gasteiger partial charge in [0.15, 0.2) is 6.10 Å². The number of ether oxygens (including phenoxy) is 1. The average molecular weight is 333 g/mol. The second kappa shape index (κ2) is 6.33. The summed E-state index contributed by atoms with van der Waals surface area (Å²) in [6.45, 7) is 2.79. The van der Waals surface area contributed by atoms with E-state index in [1.54, 1.807) is 23.2 Å². The van der Waals surface area contributed by atoms with Gasteiger partial charge in [0, 0.05) is 18.0 Å². The Morgan fingerprint density at radius 3 is 3.13 bits per heavy atom. The summed E-state index contributed by atoms with van der Waals surface area (Å²) in [6.07, 6.45) is 1.34. The summed E-state index contributed by atoms with van der Waals surface area (Å²) in [6, 6.07) is 5.01. The number of fused-ring (bicyclic) bond motifs is 1. The molecule has 2 aromatic heterocycles. The number of carbonyl (C=O) groups is 1. The van der Waals surface area contributed by atoms with Crippen LogP contribution in [0.1, 0.15) is 17.4 Å². The largest absolute Gasteiger partial charge is 0.473 e. The van der Waals surface area contributed by atoms with Gasteiger partial charge in [-0.15, -0.1) is 11.3 Å². The van der Waals surface area contributed by atoms with Crippen molar-refractivity contribution in [3.8, 4) is 5.75 Å². The Balaban J connectivity index is 1.70. The van der Waals surface area contributed by atoms with Crippen molar-refractivity contribution in [2.45, 2.75) is 26.0 Å². The molecule has 1 aliphatic heterocycles. The Morgan fingerprint density at radius 1 is 1.52 bits per heavy atom. The number of nitrogens with zero attached hydrogens (tertiary/aromatic N) is 3. The summed E-state index contributed by atoms with van der Waals surface area (Å²) >= 11 is 1.70. The zero-order valence-corrected chi connectivity index (χ0v) is 13.3. The number of amides is 1. The SMILES string of the molecule is C[C@H](Oc1cccnc1[N+](=O)[O-])C(=O)N1CCc2sccc2C1. The van der Waals surface area contributed by atoms with E-state index in [1.165, 1.54) is 23.2 Å². The first-order chi connectivity index (χ1) is 11.1. The van der Waals surface area contributed by atoms with Crippen molar-refractivity contribution < 1.29 is 14.5 Å². The molecule has 0 aromatic carbocycles. The van der Waals surface area contributed by atoms with Crippen LogP contribution in [0.25, 0.3) is 0 Å². The molecule has 3 heterocycles. The summed E-state index contributed by atoms with van der Waals surface area (Å²) in [4.78, 5) is 29.6. The Kier molecular flexibility index (Phi) is 4.24. The van der Waals surface area contributed by atoms with Crippen LogP contribution < -0.4 is 4.74 Å². The van der Waals surface area contributed by atoms with Crippen LogP contribution in [0.3, 0.4) is 0 Å². The summed E-state index contributed by atoms with van der Waals surface area (Å²) in [5.74, 6) is -0.558. The fourth-order valence-electron chi connectivity index (χ4n) is 2.55. The van der Waals surface area contributed by atoms with Crippen LogP contribution in [-0.4, -0.2) is 33.4 Å². The van der Waals surface area contributed by atoms with Gasteiger partial charge in [-0.2, -0.15) is 0 Å². The first-order valence-electron chi connectivity index (χ1n) is 7.16. The number of thiophene rings is 1. The predicted octanol–water partition coefficient (Wildman–Crippen LogP) is 2.40. The van der Waals surface area contributed by atoms with E-state index < -0.39 is 11.0 Å². The van der Waals surface area contributed by atoms with Gasteiger partial charge in [-0.3, -0.25) is 4.79 Å². The third kappa shape index (κ3) is 3.16. The second-order valence-electron chi connectivity index (χ2n) is 5.22. The molecule has 7 nitrogen and oxygen atoms in total. The lowest BCUT2D eigenvalue weighted by Crippen LogP contribution is -2.42. The minimum absolute atomic E-state index is 0.00609. The van der Waals surface area contributed by atoms with Gasteiger partial charge in [-0.25, -0.2) is 0 Å². The molecule has 0 N–H and O–H groups in total. The maximum atomic E-state index is 12.5. The van der Waals surface area contributed by atoms with E-state index in [2.05, 4.69) is 4.98 Å². The number of nitro groups is 1. The number of rotatable bonds is 4. The van der Waals surface area contributed by atoms with E-state index in [0.29, 0.717) is 13.1 Å². The molecule has 1 amide bonds. The van der Waals surface area contributed by atoms with Crippen LogP contribution in [0, 0.1) is 10.1 Å². The summed E-state index contributed by atoms with van der Waals surface area (Å²) in [5.41, 5.74) is 1.16. The molecule has 0 saturated heterocycles. The van der Waals surface area contributed by atoms with Gasteiger partial charge in [0.05, 0.1) is 0 Å². The zero-order chi connectivity index (χ0) is 16.4. The molecule has 0 aliphatic carbocycles. The van der Waals surface area contributed by atoms with Crippen molar-refractivity contribution in [3.05, 3.63) is 50.3 Å². The van der Waals surface area contributed by atoms with E-state index in [9.17, 15) is 14.9 Å². The van der Waals surface area contributed by atoms with Crippen molar-refractivity contribution in [1.29, 1.82) is 0 Å². The molecule has 8 heteroatoms. The van der Waals surface area contributed by atoms with Crippen LogP contribution in [-0.2, 0) is 17.8 Å². The predicted molar refractivity (Wildman–Crippen MR) is 84.4 cm³/mol. The maximum absolute atomic E-state index is 12.5. The molecule has 0 bridgehead atoms. The number of carbonyl (C=O) groups excluding carboxylic acids is 1. The van der Waals surface area contributed by atoms with E-state index in [1.807, 2.05) is 11.4 Å². The Hall–Kier alpha value is -2.48. The smallest absolute Gasteiger partial charge is 0.406 e. The van der Waals surface area contributed by atoms with E-state index in [-0.39, 0.29) is 17.5 Å². The van der Waals surface area contributed by atoms with Crippen molar-refractivity contribution in [2.24, 2.45) is 0 Å². The third-order valence-corrected chi connectivity index (χ3v) is 4.72. The van der Waals surface area contributed by atoms with Crippen molar-refractivity contribution in [2.75, 3.05) is 6.54 Å². The van der Waals surface area contributed by atoms with Gasteiger partial charge in [0.2, 0.25) is 5.75 Å². The Morgan fingerprint density at radius 2 is 2.35 bits per heavy atom. The highest BCUT2D eigenvalue weighted by atomic mass is 32.1. The Bertz CT molecular complexity index is 746. The lowest BCUT2D eigenvalue weighted by molar-refractivity contribution is -0.390. The standard InChI is InChI=1S/C15H15N3O4S/c1-10(22-12-3-2-6-16-14(12)18(20)21)15(19)17-7-4-13-11(9-17)5-8-23-13/h2-3,5-6,8,10H,4,7,9H2,1H3/t10-/m0/s1. The molecule has 2 aromatic rings. The van der Waals surface area contributed by atoms with Gasteiger partial charge in [0.1, 0.15) is 6.20 Å². The zero-order valence-electron chi connectivity index (χ0n) is 12.5. The van der Waals surface area contributed by atoms with Crippen LogP contribution >= 0.6 is 11.3 Å². The van der Waals surface area contributed by atoms with Crippen LogP contribution in [0.2, 0.25) is 0 Å². The minimum Gasteiger partial charge on any atom is -0.473 e. The molecule has 3 rings (SSSR count). The summed E-state index contributed by atoms with van der Waals surface area (Å²) in [5, 5.41) is 13.0. The van der Waals surface area contributed by atoms with E-state index in [4.69, 9.17) is 4.74 Å². The average Bonchev–Trinajstić information content (AvgIpc) is 3.01. The number of aromatic nitrogens is 1. The quantitative estimate of drug-likeness (QED) is 0.633. The highest BCUT2D eigenvalue weighted by molar-refractivity contribution is 7.10. The molecule has 1 atom stereocenters. The fraction of sp³-hybridized carbons (Fsp3) is 0.333. The van der Waals surface area contributed by atoms with Crippen molar-refractivity contribution in [1.82, 2.24) is 9.88 Å². The number of pyridine rings is 1. The van der Waals surface area contributed by atoms with Crippen LogP contribution in [0.4, 0.5) is 5.82 Å². The van der Waals surface area contributed by atoms with Crippen LogP contribution in [0.5, 0.6) is 5.75 Å². The van der Waals surface area contributed by atoms with Gasteiger partial charge < -0.3 is 19.8 Å². The highest BCUT2D eigenvalue weighted by Gasteiger charge is 2.28. The van der Waals surface area contributed by atoms with Gasteiger partial charge in [-0.1, -0.05) is 0 Å². The normalized spacial score (nSPS) is 14.9. The van der Waals surface area contributed by atoms with E-state index in [0.717, 1.165) is 12.0 Å². The monoisotopic (exact) mass is 333 g/mol. The number of hydrogen-bond donors (Lipinski definition) is 0. The third-order valence-electron chi connectivity index (χ3n) is 3.69. The molecule has 0 saturated carbocycles. The second-order valence-corrected chi connectivity index (χ2v) is 6.22. The van der Waals surface area contributed by atoms with Gasteiger partial charge in [-0.05, 0) is 52.4 Å². The first kappa shape index (κ1) is 15.4. The molecule has 23 heavy (non-hydrogen) atoms. The lowest BCUT2D eigenvalue weighted by atomic mass is 10.1. The van der Waals surface area contributed by atoms with Gasteiger partial charge in [0.25, 0.3) is 5.91 Å². The molecule has 0 radical (unpaired) electrons. The maximum Gasteiger partial charge on any atom is 0.406 e. The first-order valence-corrected chi connectivity index (χ1v) is 8.04. The van der Waals surface area contributed by atoms with Crippen LogP contribution in [0.15, 0.2) is 29.8 Å². The molecule has 0 spiro atoms. The topological polar surface area (TPSA) is 85.6 Å². The van der Waals surface area contributed by atoms with E-state index >= 15 is 0 Å². The van der Waals surface area contributed by atoms with Gasteiger partial charge >= 0.3 is 5.82 Å². The minimum atomic E-state index is -0.807. The molecule has 0 fully saturated rings. The number of hydrogen-bond acceptors (Lipinski definition) is 6. The van der Waals surface area contributed by atoms with Crippen molar-refractivity contribution in [3.63, 3.8) is 0 Å². The highest BCUT2D eigenvalue weighted by Crippen LogP contribution is 2.27. The molecular formula is C15H15N3O4S. The molecule has 0 unspecified atom stereocenters. The summed E-state index contributed by atoms with van der Waals surface area (Å²) < 4.78 is 5.50. The Labute approximate surface area is 136 Å². The summed E-state index contributed by atoms with van der Waals surface area (Å²) in [7, 11) is 0. The van der Waals surface area contributed by atoms with Crippen molar-refractivity contribution >= 4 is 23.1 Å². The fourth-order valence-corrected chi connectivity index (χ4v) is 3.44. The molecular weight excluding hydrogens is 318 g/mol.